The van der Waals surface area contributed by atoms with Crippen molar-refractivity contribution >= 4 is 22.6 Å². The lowest BCUT2D eigenvalue weighted by Crippen LogP contribution is -2.40. The molecule has 2 aliphatic rings. The molecule has 1 aromatic heterocycles. The van der Waals surface area contributed by atoms with Crippen LogP contribution in [0.15, 0.2) is 24.4 Å². The molecule has 2 aromatic rings. The van der Waals surface area contributed by atoms with Crippen molar-refractivity contribution in [1.82, 2.24) is 9.88 Å². The van der Waals surface area contributed by atoms with Gasteiger partial charge in [-0.2, -0.15) is 0 Å². The molecule has 7 heteroatoms. The van der Waals surface area contributed by atoms with E-state index < -0.39 is 5.97 Å². The molecule has 0 aliphatic carbocycles. The van der Waals surface area contributed by atoms with Crippen molar-refractivity contribution in [3.8, 4) is 0 Å². The molecule has 0 spiro atoms. The maximum absolute atomic E-state index is 14.0. The Morgan fingerprint density at radius 3 is 2.93 bits per heavy atom. The van der Waals surface area contributed by atoms with Crippen LogP contribution in [0.3, 0.4) is 0 Å². The topological polar surface area (TPSA) is 54.9 Å². The van der Waals surface area contributed by atoms with Gasteiger partial charge in [0.1, 0.15) is 11.4 Å². The summed E-state index contributed by atoms with van der Waals surface area (Å²) in [5, 5.41) is 0.664. The molecule has 0 radical (unpaired) electrons. The highest BCUT2D eigenvalue weighted by Gasteiger charge is 2.29. The maximum atomic E-state index is 14.0. The summed E-state index contributed by atoms with van der Waals surface area (Å²) in [5.41, 5.74) is 1.83. The quantitative estimate of drug-likeness (QED) is 0.736. The molecule has 2 aliphatic heterocycles. The summed E-state index contributed by atoms with van der Waals surface area (Å²) < 4.78 is 24.7. The van der Waals surface area contributed by atoms with E-state index in [1.54, 1.807) is 19.2 Å². The van der Waals surface area contributed by atoms with Crippen LogP contribution in [-0.4, -0.2) is 68.4 Å². The van der Waals surface area contributed by atoms with E-state index in [-0.39, 0.29) is 5.82 Å². The van der Waals surface area contributed by atoms with Crippen molar-refractivity contribution in [3.05, 3.63) is 35.8 Å². The molecule has 4 rings (SSSR count). The van der Waals surface area contributed by atoms with Crippen LogP contribution in [0.2, 0.25) is 0 Å². The lowest BCUT2D eigenvalue weighted by molar-refractivity contribution is 0.0320. The van der Waals surface area contributed by atoms with Gasteiger partial charge in [-0.05, 0) is 37.5 Å². The first kappa shape index (κ1) is 19.1. The molecule has 150 valence electrons. The minimum atomic E-state index is -0.409. The largest absolute Gasteiger partial charge is 0.462 e. The predicted octanol–water partition coefficient (Wildman–Crippen LogP) is 2.71. The Labute approximate surface area is 164 Å². The average molecular weight is 387 g/mol. The molecule has 3 heterocycles. The number of esters is 1. The van der Waals surface area contributed by atoms with Gasteiger partial charge in [0.25, 0.3) is 0 Å². The van der Waals surface area contributed by atoms with Gasteiger partial charge in [-0.25, -0.2) is 9.18 Å². The van der Waals surface area contributed by atoms with E-state index >= 15 is 0 Å². The summed E-state index contributed by atoms with van der Waals surface area (Å²) in [5.74, 6) is -0.238. The molecular formula is C21H26FN3O3. The van der Waals surface area contributed by atoms with Gasteiger partial charge in [0.2, 0.25) is 0 Å². The van der Waals surface area contributed by atoms with Crippen molar-refractivity contribution in [2.45, 2.75) is 13.3 Å². The molecule has 2 saturated heterocycles. The summed E-state index contributed by atoms with van der Waals surface area (Å²) >= 11 is 0. The number of aromatic nitrogens is 1. The lowest BCUT2D eigenvalue weighted by Gasteiger charge is -2.29. The maximum Gasteiger partial charge on any atom is 0.341 e. The number of hydrogen-bond donors (Lipinski definition) is 0. The minimum Gasteiger partial charge on any atom is -0.462 e. The average Bonchev–Trinajstić information content (AvgIpc) is 3.16. The van der Waals surface area contributed by atoms with Crippen molar-refractivity contribution in [3.63, 3.8) is 0 Å². The van der Waals surface area contributed by atoms with Gasteiger partial charge in [0, 0.05) is 44.3 Å². The zero-order valence-corrected chi connectivity index (χ0v) is 16.2. The second-order valence-electron chi connectivity index (χ2n) is 7.42. The third-order valence-corrected chi connectivity index (χ3v) is 5.52. The molecule has 0 amide bonds. The first-order chi connectivity index (χ1) is 13.7. The minimum absolute atomic E-state index is 0.291. The Balaban J connectivity index is 1.63. The van der Waals surface area contributed by atoms with Gasteiger partial charge in [-0.3, -0.25) is 9.88 Å². The molecular weight excluding hydrogens is 361 g/mol. The van der Waals surface area contributed by atoms with Gasteiger partial charge in [0.05, 0.1) is 31.0 Å². The number of carbonyl (C=O) groups is 1. The van der Waals surface area contributed by atoms with E-state index in [0.717, 1.165) is 58.0 Å². The second kappa shape index (κ2) is 8.41. The van der Waals surface area contributed by atoms with Crippen LogP contribution in [0.5, 0.6) is 0 Å². The van der Waals surface area contributed by atoms with Crippen LogP contribution < -0.4 is 4.90 Å². The van der Waals surface area contributed by atoms with Crippen molar-refractivity contribution in [2.75, 3.05) is 57.4 Å². The third kappa shape index (κ3) is 3.95. The van der Waals surface area contributed by atoms with E-state index in [4.69, 9.17) is 9.47 Å². The fourth-order valence-corrected chi connectivity index (χ4v) is 4.18. The Morgan fingerprint density at radius 2 is 2.14 bits per heavy atom. The molecule has 6 nitrogen and oxygen atoms in total. The smallest absolute Gasteiger partial charge is 0.341 e. The Bertz CT molecular complexity index is 854. The van der Waals surface area contributed by atoms with Gasteiger partial charge < -0.3 is 14.4 Å². The Hall–Kier alpha value is -2.25. The highest BCUT2D eigenvalue weighted by Crippen LogP contribution is 2.34. The number of ether oxygens (including phenoxy) is 2. The van der Waals surface area contributed by atoms with E-state index in [1.165, 1.54) is 12.1 Å². The zero-order chi connectivity index (χ0) is 19.5. The van der Waals surface area contributed by atoms with Crippen LogP contribution in [0, 0.1) is 11.7 Å². The zero-order valence-electron chi connectivity index (χ0n) is 16.2. The number of hydrogen-bond acceptors (Lipinski definition) is 6. The van der Waals surface area contributed by atoms with Gasteiger partial charge >= 0.3 is 5.97 Å². The SMILES string of the molecule is CCOC(=O)c1cnc2ccc(F)cc2c1N1CCC(CN2CCOCC2)C1. The molecule has 0 bridgehead atoms. The van der Waals surface area contributed by atoms with E-state index in [0.29, 0.717) is 29.0 Å². The lowest BCUT2D eigenvalue weighted by atomic mass is 10.1. The van der Waals surface area contributed by atoms with Crippen LogP contribution in [0.1, 0.15) is 23.7 Å². The van der Waals surface area contributed by atoms with E-state index in [9.17, 15) is 9.18 Å². The Morgan fingerprint density at radius 1 is 1.32 bits per heavy atom. The van der Waals surface area contributed by atoms with Crippen LogP contribution >= 0.6 is 0 Å². The number of nitrogens with zero attached hydrogens (tertiary/aromatic N) is 3. The van der Waals surface area contributed by atoms with Crippen molar-refractivity contribution < 1.29 is 18.7 Å². The predicted molar refractivity (Wildman–Crippen MR) is 105 cm³/mol. The fourth-order valence-electron chi connectivity index (χ4n) is 4.18. The third-order valence-electron chi connectivity index (χ3n) is 5.52. The van der Waals surface area contributed by atoms with Crippen LogP contribution in [0.25, 0.3) is 10.9 Å². The fraction of sp³-hybridized carbons (Fsp3) is 0.524. The Kier molecular flexibility index (Phi) is 5.73. The molecule has 1 atom stereocenters. The number of rotatable bonds is 5. The second-order valence-corrected chi connectivity index (χ2v) is 7.42. The van der Waals surface area contributed by atoms with Crippen molar-refractivity contribution in [2.24, 2.45) is 5.92 Å². The monoisotopic (exact) mass is 387 g/mol. The molecule has 2 fully saturated rings. The van der Waals surface area contributed by atoms with E-state index in [1.807, 2.05) is 0 Å². The summed E-state index contributed by atoms with van der Waals surface area (Å²) in [4.78, 5) is 21.5. The number of carbonyl (C=O) groups excluding carboxylic acids is 1. The molecule has 1 aromatic carbocycles. The number of halogens is 1. The normalized spacial score (nSPS) is 20.6. The number of pyridine rings is 1. The molecule has 28 heavy (non-hydrogen) atoms. The van der Waals surface area contributed by atoms with Crippen LogP contribution in [0.4, 0.5) is 10.1 Å². The summed E-state index contributed by atoms with van der Waals surface area (Å²) in [6.45, 7) is 8.26. The molecule has 1 unspecified atom stereocenters. The summed E-state index contributed by atoms with van der Waals surface area (Å²) in [7, 11) is 0. The summed E-state index contributed by atoms with van der Waals surface area (Å²) in [6.07, 6.45) is 2.60. The van der Waals surface area contributed by atoms with Crippen LogP contribution in [-0.2, 0) is 9.47 Å². The number of anilines is 1. The number of benzene rings is 1. The van der Waals surface area contributed by atoms with Crippen molar-refractivity contribution in [1.29, 1.82) is 0 Å². The van der Waals surface area contributed by atoms with E-state index in [2.05, 4.69) is 14.8 Å². The first-order valence-corrected chi connectivity index (χ1v) is 9.96. The van der Waals surface area contributed by atoms with Gasteiger partial charge in [0.15, 0.2) is 0 Å². The van der Waals surface area contributed by atoms with Gasteiger partial charge in [-0.1, -0.05) is 0 Å². The number of fused-ring (bicyclic) bond motifs is 1. The molecule has 0 saturated carbocycles. The standard InChI is InChI=1S/C21H26FN3O3/c1-2-28-21(26)18-12-23-19-4-3-16(22)11-17(19)20(18)25-6-5-15(14-25)13-24-7-9-27-10-8-24/h3-4,11-12,15H,2,5-10,13-14H2,1H3. The number of morpholine rings is 1. The highest BCUT2D eigenvalue weighted by molar-refractivity contribution is 6.05. The molecule has 0 N–H and O–H groups in total. The highest BCUT2D eigenvalue weighted by atomic mass is 19.1. The first-order valence-electron chi connectivity index (χ1n) is 9.96. The summed E-state index contributed by atoms with van der Waals surface area (Å²) in [6, 6.07) is 4.52. The van der Waals surface area contributed by atoms with Gasteiger partial charge in [-0.15, -0.1) is 0 Å².